The van der Waals surface area contributed by atoms with E-state index in [0.717, 1.165) is 17.1 Å². The zero-order chi connectivity index (χ0) is 46.2. The van der Waals surface area contributed by atoms with Crippen LogP contribution in [0.25, 0.3) is 93.6 Å². The summed E-state index contributed by atoms with van der Waals surface area (Å²) in [6, 6.07) is 101. The van der Waals surface area contributed by atoms with Crippen molar-refractivity contribution in [3.05, 3.63) is 273 Å². The van der Waals surface area contributed by atoms with Gasteiger partial charge in [-0.2, -0.15) is 0 Å². The first-order chi connectivity index (χ1) is 34.8. The van der Waals surface area contributed by atoms with Gasteiger partial charge in [-0.15, -0.1) is 0 Å². The molecule has 0 saturated heterocycles. The Morgan fingerprint density at radius 1 is 0.229 bits per heavy atom. The molecule has 0 amide bonds. The van der Waals surface area contributed by atoms with Crippen molar-refractivity contribution in [3.63, 3.8) is 0 Å². The lowest BCUT2D eigenvalue weighted by atomic mass is 9.97. The summed E-state index contributed by atoms with van der Waals surface area (Å²) in [7, 11) is -2.73. The molecule has 328 valence electrons. The monoisotopic (exact) mass is 907 g/mol. The van der Waals surface area contributed by atoms with Crippen LogP contribution < -0.4 is 20.7 Å². The second-order valence-electron chi connectivity index (χ2n) is 18.4. The van der Waals surface area contributed by atoms with Crippen molar-refractivity contribution in [3.8, 4) is 28.2 Å². The fourth-order valence-corrected chi connectivity index (χ4v) is 16.7. The number of rotatable bonds is 8. The van der Waals surface area contributed by atoms with E-state index in [-0.39, 0.29) is 0 Å². The van der Waals surface area contributed by atoms with Gasteiger partial charge in [0.1, 0.15) is 0 Å². The Kier molecular flexibility index (Phi) is 9.23. The molecule has 3 heterocycles. The zero-order valence-electron chi connectivity index (χ0n) is 38.3. The molecule has 14 aromatic rings. The highest BCUT2D eigenvalue weighted by molar-refractivity contribution is 7.19. The lowest BCUT2D eigenvalue weighted by molar-refractivity contribution is 1.13. The normalized spacial score (nSPS) is 12.0. The van der Waals surface area contributed by atoms with E-state index in [1.165, 1.54) is 97.3 Å². The molecule has 70 heavy (non-hydrogen) atoms. The first-order valence-electron chi connectivity index (χ1n) is 24.2. The Balaban J connectivity index is 1.02. The maximum Gasteiger partial charge on any atom is 0.179 e. The highest BCUT2D eigenvalue weighted by Crippen LogP contribution is 2.45. The molecule has 0 spiro atoms. The van der Waals surface area contributed by atoms with Gasteiger partial charge < -0.3 is 13.7 Å². The molecule has 0 fully saturated rings. The van der Waals surface area contributed by atoms with Gasteiger partial charge in [0.05, 0.1) is 38.8 Å². The van der Waals surface area contributed by atoms with Gasteiger partial charge in [-0.1, -0.05) is 218 Å². The zero-order valence-corrected chi connectivity index (χ0v) is 39.3. The molecule has 0 saturated carbocycles. The van der Waals surface area contributed by atoms with Crippen LogP contribution in [0.4, 0.5) is 0 Å². The molecular weight excluding hydrogens is 863 g/mol. The van der Waals surface area contributed by atoms with Crippen molar-refractivity contribution in [1.29, 1.82) is 0 Å². The second kappa shape index (κ2) is 16.1. The van der Waals surface area contributed by atoms with Gasteiger partial charge in [0.2, 0.25) is 0 Å². The molecule has 0 atom stereocenters. The standard InChI is InChI=1S/C66H45N3Si/c1-5-22-46(23-6-1)67-59-37-16-13-30-52(59)55-34-19-35-57(65(55)67)54-33-20-40-62-64(54)58-32-15-18-39-61(58)69(62)63-41-21-36-56-53-31-14-17-38-60(53)68(66(56)63)47-42-44-51(45-43-47)70(48-24-7-2-8-25-48,49-26-9-3-10-27-49)50-28-11-4-12-29-50/h1-45H. The molecule has 0 bridgehead atoms. The van der Waals surface area contributed by atoms with Crippen molar-refractivity contribution in [2.75, 3.05) is 0 Å². The lowest BCUT2D eigenvalue weighted by Gasteiger charge is -2.34. The number of nitrogens with zero attached hydrogens (tertiary/aromatic N) is 3. The molecule has 0 N–H and O–H groups in total. The smallest absolute Gasteiger partial charge is 0.179 e. The van der Waals surface area contributed by atoms with Crippen LogP contribution in [0.15, 0.2) is 273 Å². The first-order valence-corrected chi connectivity index (χ1v) is 26.2. The molecular formula is C66H45N3Si. The van der Waals surface area contributed by atoms with Gasteiger partial charge in [0.15, 0.2) is 8.07 Å². The SMILES string of the molecule is c1ccc(-n2c3ccccc3c3cccc(-c4cccc5c4c4ccccc4n5-c4cccc5c6ccccc6n(-c6ccc([Si](c7ccccc7)(c7ccccc7)c7ccccc7)cc6)c45)c32)cc1. The molecule has 0 radical (unpaired) electrons. The van der Waals surface area contributed by atoms with Crippen LogP contribution in [0.5, 0.6) is 0 Å². The lowest BCUT2D eigenvalue weighted by Crippen LogP contribution is -2.74. The van der Waals surface area contributed by atoms with Gasteiger partial charge in [-0.3, -0.25) is 0 Å². The summed E-state index contributed by atoms with van der Waals surface area (Å²) in [6.45, 7) is 0. The van der Waals surface area contributed by atoms with E-state index in [1.54, 1.807) is 0 Å². The van der Waals surface area contributed by atoms with Crippen LogP contribution in [0.3, 0.4) is 0 Å². The number of fused-ring (bicyclic) bond motifs is 9. The van der Waals surface area contributed by atoms with Gasteiger partial charge >= 0.3 is 0 Å². The minimum absolute atomic E-state index is 1.13. The summed E-state index contributed by atoms with van der Waals surface area (Å²) in [5, 5.41) is 12.8. The first kappa shape index (κ1) is 40.1. The number of para-hydroxylation sites is 6. The molecule has 3 nitrogen and oxygen atoms in total. The molecule has 4 heteroatoms. The quantitative estimate of drug-likeness (QED) is 0.107. The Labute approximate surface area is 407 Å². The van der Waals surface area contributed by atoms with E-state index in [1.807, 2.05) is 0 Å². The number of benzene rings is 11. The largest absolute Gasteiger partial charge is 0.309 e. The van der Waals surface area contributed by atoms with E-state index in [9.17, 15) is 0 Å². The minimum atomic E-state index is -2.73. The molecule has 0 unspecified atom stereocenters. The van der Waals surface area contributed by atoms with E-state index >= 15 is 0 Å². The Morgan fingerprint density at radius 3 is 1.20 bits per heavy atom. The Morgan fingerprint density at radius 2 is 0.614 bits per heavy atom. The maximum absolute atomic E-state index is 2.73. The van der Waals surface area contributed by atoms with Crippen LogP contribution in [0.1, 0.15) is 0 Å². The third-order valence-electron chi connectivity index (χ3n) is 14.8. The molecule has 11 aromatic carbocycles. The van der Waals surface area contributed by atoms with Crippen molar-refractivity contribution in [1.82, 2.24) is 13.7 Å². The topological polar surface area (TPSA) is 14.8 Å². The van der Waals surface area contributed by atoms with Crippen LogP contribution in [-0.2, 0) is 0 Å². The van der Waals surface area contributed by atoms with Gasteiger partial charge in [-0.25, -0.2) is 0 Å². The van der Waals surface area contributed by atoms with Gasteiger partial charge in [-0.05, 0) is 80.9 Å². The highest BCUT2D eigenvalue weighted by Gasteiger charge is 2.41. The van der Waals surface area contributed by atoms with E-state index in [2.05, 4.69) is 287 Å². The molecule has 14 rings (SSSR count). The molecule has 3 aromatic heterocycles. The second-order valence-corrected chi connectivity index (χ2v) is 22.2. The van der Waals surface area contributed by atoms with Crippen molar-refractivity contribution in [2.24, 2.45) is 0 Å². The number of aromatic nitrogens is 3. The van der Waals surface area contributed by atoms with E-state index < -0.39 is 8.07 Å². The number of hydrogen-bond donors (Lipinski definition) is 0. The van der Waals surface area contributed by atoms with E-state index in [4.69, 9.17) is 0 Å². The minimum Gasteiger partial charge on any atom is -0.309 e. The van der Waals surface area contributed by atoms with Gasteiger partial charge in [0.25, 0.3) is 0 Å². The summed E-state index contributed by atoms with van der Waals surface area (Å²) < 4.78 is 7.48. The predicted molar refractivity (Wildman–Crippen MR) is 299 cm³/mol. The average molecular weight is 908 g/mol. The van der Waals surface area contributed by atoms with Crippen LogP contribution >= 0.6 is 0 Å². The summed E-state index contributed by atoms with van der Waals surface area (Å²) in [6.07, 6.45) is 0. The summed E-state index contributed by atoms with van der Waals surface area (Å²) in [4.78, 5) is 0. The fourth-order valence-electron chi connectivity index (χ4n) is 12.0. The maximum atomic E-state index is 2.52. The predicted octanol–water partition coefficient (Wildman–Crippen LogP) is 14.0. The number of hydrogen-bond acceptors (Lipinski definition) is 0. The molecule has 0 aliphatic carbocycles. The Bertz CT molecular complexity index is 4170. The highest BCUT2D eigenvalue weighted by atomic mass is 28.3. The summed E-state index contributed by atoms with van der Waals surface area (Å²) in [5.74, 6) is 0. The fraction of sp³-hybridized carbons (Fsp3) is 0. The summed E-state index contributed by atoms with van der Waals surface area (Å²) in [5.41, 5.74) is 12.9. The van der Waals surface area contributed by atoms with Crippen LogP contribution in [0.2, 0.25) is 0 Å². The van der Waals surface area contributed by atoms with Crippen LogP contribution in [0, 0.1) is 0 Å². The van der Waals surface area contributed by atoms with Crippen molar-refractivity contribution >= 4 is 94.2 Å². The average Bonchev–Trinajstić information content (AvgIpc) is 4.09. The molecule has 0 aliphatic heterocycles. The third kappa shape index (κ3) is 5.87. The molecule has 0 aliphatic rings. The van der Waals surface area contributed by atoms with E-state index in [0.29, 0.717) is 0 Å². The Hall–Kier alpha value is -8.96. The summed E-state index contributed by atoms with van der Waals surface area (Å²) >= 11 is 0. The van der Waals surface area contributed by atoms with Crippen molar-refractivity contribution < 1.29 is 0 Å². The van der Waals surface area contributed by atoms with Gasteiger partial charge in [0, 0.05) is 49.3 Å². The van der Waals surface area contributed by atoms with Crippen molar-refractivity contribution in [2.45, 2.75) is 0 Å². The third-order valence-corrected chi connectivity index (χ3v) is 19.6. The van der Waals surface area contributed by atoms with Crippen LogP contribution in [-0.4, -0.2) is 21.8 Å².